The van der Waals surface area contributed by atoms with Crippen LogP contribution in [-0.2, 0) is 0 Å². The molecule has 1 atom stereocenters. The molecule has 1 aliphatic heterocycles. The topological polar surface area (TPSA) is 32.3 Å². The molecule has 0 radical (unpaired) electrons. The van der Waals surface area contributed by atoms with Crippen LogP contribution >= 0.6 is 0 Å². The third-order valence-electron chi connectivity index (χ3n) is 2.43. The van der Waals surface area contributed by atoms with Crippen molar-refractivity contribution in [1.29, 1.82) is 0 Å². The van der Waals surface area contributed by atoms with Gasteiger partial charge in [0.2, 0.25) is 0 Å². The van der Waals surface area contributed by atoms with E-state index < -0.39 is 5.82 Å². The molecule has 2 N–H and O–H groups in total. The first-order chi connectivity index (χ1) is 6.27. The van der Waals surface area contributed by atoms with Gasteiger partial charge in [-0.05, 0) is 37.1 Å². The van der Waals surface area contributed by atoms with Gasteiger partial charge in [0.1, 0.15) is 0 Å². The van der Waals surface area contributed by atoms with E-state index in [1.807, 2.05) is 0 Å². The molecule has 2 rings (SSSR count). The summed E-state index contributed by atoms with van der Waals surface area (Å²) >= 11 is 0. The third kappa shape index (κ3) is 1.65. The van der Waals surface area contributed by atoms with E-state index in [-0.39, 0.29) is 11.8 Å². The Bertz CT molecular complexity index is 308. The van der Waals surface area contributed by atoms with Crippen LogP contribution in [0, 0.1) is 5.82 Å². The zero-order valence-electron chi connectivity index (χ0n) is 7.26. The standard InChI is InChI=1S/C10H12FNO/c11-8-6-7(3-4-10(8)13)9-2-1-5-12-9/h3-4,6,9,12-13H,1-2,5H2/t9-/m1/s1. The van der Waals surface area contributed by atoms with Crippen molar-refractivity contribution in [3.05, 3.63) is 29.6 Å². The van der Waals surface area contributed by atoms with Gasteiger partial charge in [0.25, 0.3) is 0 Å². The average molecular weight is 181 g/mol. The summed E-state index contributed by atoms with van der Waals surface area (Å²) in [6.07, 6.45) is 2.18. The SMILES string of the molecule is Oc1ccc([C@H]2CCCN2)cc1F. The summed E-state index contributed by atoms with van der Waals surface area (Å²) < 4.78 is 13.0. The predicted molar refractivity (Wildman–Crippen MR) is 48.0 cm³/mol. The molecule has 1 aliphatic rings. The Morgan fingerprint density at radius 3 is 2.92 bits per heavy atom. The number of rotatable bonds is 1. The third-order valence-corrected chi connectivity index (χ3v) is 2.43. The van der Waals surface area contributed by atoms with Crippen molar-refractivity contribution in [2.24, 2.45) is 0 Å². The van der Waals surface area contributed by atoms with Crippen LogP contribution in [0.1, 0.15) is 24.4 Å². The number of hydrogen-bond donors (Lipinski definition) is 2. The van der Waals surface area contributed by atoms with Gasteiger partial charge in [-0.15, -0.1) is 0 Å². The minimum Gasteiger partial charge on any atom is -0.505 e. The predicted octanol–water partition coefficient (Wildman–Crippen LogP) is 1.96. The summed E-state index contributed by atoms with van der Waals surface area (Å²) in [6.45, 7) is 0.993. The van der Waals surface area contributed by atoms with Crippen molar-refractivity contribution in [3.8, 4) is 5.75 Å². The summed E-state index contributed by atoms with van der Waals surface area (Å²) in [5.41, 5.74) is 0.924. The van der Waals surface area contributed by atoms with Gasteiger partial charge in [-0.3, -0.25) is 0 Å². The Balaban J connectivity index is 2.25. The number of nitrogens with one attached hydrogen (secondary N) is 1. The molecule has 0 amide bonds. The summed E-state index contributed by atoms with van der Waals surface area (Å²) in [6, 6.07) is 4.83. The van der Waals surface area contributed by atoms with Crippen LogP contribution < -0.4 is 5.32 Å². The van der Waals surface area contributed by atoms with E-state index in [0.717, 1.165) is 24.9 Å². The van der Waals surface area contributed by atoms with E-state index in [2.05, 4.69) is 5.32 Å². The van der Waals surface area contributed by atoms with Crippen LogP contribution in [0.3, 0.4) is 0 Å². The van der Waals surface area contributed by atoms with Crippen molar-refractivity contribution in [2.75, 3.05) is 6.54 Å². The minimum absolute atomic E-state index is 0.259. The minimum atomic E-state index is -0.536. The van der Waals surface area contributed by atoms with Crippen LogP contribution in [0.15, 0.2) is 18.2 Å². The van der Waals surface area contributed by atoms with Crippen molar-refractivity contribution in [2.45, 2.75) is 18.9 Å². The second kappa shape index (κ2) is 3.34. The Kier molecular flexibility index (Phi) is 2.19. The van der Waals surface area contributed by atoms with Gasteiger partial charge >= 0.3 is 0 Å². The molecule has 0 saturated carbocycles. The smallest absolute Gasteiger partial charge is 0.165 e. The van der Waals surface area contributed by atoms with E-state index in [0.29, 0.717) is 0 Å². The lowest BCUT2D eigenvalue weighted by molar-refractivity contribution is 0.431. The Morgan fingerprint density at radius 1 is 1.46 bits per heavy atom. The molecule has 1 aromatic carbocycles. The molecule has 0 aromatic heterocycles. The van der Waals surface area contributed by atoms with Gasteiger partial charge in [-0.1, -0.05) is 6.07 Å². The first-order valence-electron chi connectivity index (χ1n) is 4.49. The number of benzene rings is 1. The molecule has 1 heterocycles. The van der Waals surface area contributed by atoms with Crippen LogP contribution in [0.25, 0.3) is 0 Å². The fourth-order valence-corrected chi connectivity index (χ4v) is 1.71. The Morgan fingerprint density at radius 2 is 2.31 bits per heavy atom. The highest BCUT2D eigenvalue weighted by Gasteiger charge is 2.16. The molecule has 1 saturated heterocycles. The van der Waals surface area contributed by atoms with Gasteiger partial charge in [-0.2, -0.15) is 0 Å². The lowest BCUT2D eigenvalue weighted by Gasteiger charge is -2.10. The Labute approximate surface area is 76.4 Å². The molecule has 1 aromatic rings. The maximum Gasteiger partial charge on any atom is 0.165 e. The molecule has 0 aliphatic carbocycles. The molecular weight excluding hydrogens is 169 g/mol. The second-order valence-electron chi connectivity index (χ2n) is 3.36. The fraction of sp³-hybridized carbons (Fsp3) is 0.400. The first-order valence-corrected chi connectivity index (χ1v) is 4.49. The van der Waals surface area contributed by atoms with Crippen LogP contribution in [-0.4, -0.2) is 11.7 Å². The van der Waals surface area contributed by atoms with E-state index >= 15 is 0 Å². The van der Waals surface area contributed by atoms with Gasteiger partial charge in [0, 0.05) is 6.04 Å². The highest BCUT2D eigenvalue weighted by Crippen LogP contribution is 2.26. The van der Waals surface area contributed by atoms with Gasteiger partial charge in [0.05, 0.1) is 0 Å². The van der Waals surface area contributed by atoms with Crippen molar-refractivity contribution >= 4 is 0 Å². The van der Waals surface area contributed by atoms with Crippen molar-refractivity contribution in [1.82, 2.24) is 5.32 Å². The van der Waals surface area contributed by atoms with Crippen molar-refractivity contribution < 1.29 is 9.50 Å². The lowest BCUT2D eigenvalue weighted by Crippen LogP contribution is -2.12. The molecular formula is C10H12FNO. The number of phenolic OH excluding ortho intramolecular Hbond substituents is 1. The van der Waals surface area contributed by atoms with Crippen LogP contribution in [0.2, 0.25) is 0 Å². The maximum absolute atomic E-state index is 13.0. The van der Waals surface area contributed by atoms with Crippen LogP contribution in [0.5, 0.6) is 5.75 Å². The fourth-order valence-electron chi connectivity index (χ4n) is 1.71. The zero-order valence-corrected chi connectivity index (χ0v) is 7.26. The molecule has 0 spiro atoms. The quantitative estimate of drug-likeness (QED) is 0.694. The van der Waals surface area contributed by atoms with E-state index in [1.54, 1.807) is 6.07 Å². The summed E-state index contributed by atoms with van der Waals surface area (Å²) in [4.78, 5) is 0. The summed E-state index contributed by atoms with van der Waals surface area (Å²) in [5, 5.41) is 12.3. The molecule has 70 valence electrons. The maximum atomic E-state index is 13.0. The summed E-state index contributed by atoms with van der Waals surface area (Å²) in [5.74, 6) is -0.812. The highest BCUT2D eigenvalue weighted by molar-refractivity contribution is 5.30. The Hall–Kier alpha value is -1.09. The number of hydrogen-bond acceptors (Lipinski definition) is 2. The number of phenols is 1. The molecule has 0 unspecified atom stereocenters. The largest absolute Gasteiger partial charge is 0.505 e. The highest BCUT2D eigenvalue weighted by atomic mass is 19.1. The lowest BCUT2D eigenvalue weighted by atomic mass is 10.1. The molecule has 2 nitrogen and oxygen atoms in total. The second-order valence-corrected chi connectivity index (χ2v) is 3.36. The molecule has 0 bridgehead atoms. The molecule has 13 heavy (non-hydrogen) atoms. The normalized spacial score (nSPS) is 22.1. The molecule has 1 fully saturated rings. The van der Waals surface area contributed by atoms with Crippen LogP contribution in [0.4, 0.5) is 4.39 Å². The number of halogens is 1. The first kappa shape index (κ1) is 8.51. The number of aromatic hydroxyl groups is 1. The monoisotopic (exact) mass is 181 g/mol. The van der Waals surface area contributed by atoms with Gasteiger partial charge in [0.15, 0.2) is 11.6 Å². The van der Waals surface area contributed by atoms with E-state index in [9.17, 15) is 4.39 Å². The average Bonchev–Trinajstić information content (AvgIpc) is 2.62. The molecule has 3 heteroatoms. The van der Waals surface area contributed by atoms with Gasteiger partial charge < -0.3 is 10.4 Å². The van der Waals surface area contributed by atoms with E-state index in [4.69, 9.17) is 5.11 Å². The van der Waals surface area contributed by atoms with Gasteiger partial charge in [-0.25, -0.2) is 4.39 Å². The van der Waals surface area contributed by atoms with Crippen molar-refractivity contribution in [3.63, 3.8) is 0 Å². The summed E-state index contributed by atoms with van der Waals surface area (Å²) in [7, 11) is 0. The zero-order chi connectivity index (χ0) is 9.26. The van der Waals surface area contributed by atoms with E-state index in [1.165, 1.54) is 12.1 Å².